The molecular formula is C24H26ClFN4O4. The van der Waals surface area contributed by atoms with Crippen LogP contribution in [0.15, 0.2) is 53.6 Å². The summed E-state index contributed by atoms with van der Waals surface area (Å²) in [6.07, 6.45) is 3.84. The molecule has 2 N–H and O–H groups in total. The second-order valence-electron chi connectivity index (χ2n) is 8.79. The normalized spacial score (nSPS) is 18.5. The fraction of sp³-hybridized carbons (Fsp3) is 0.375. The highest BCUT2D eigenvalue weighted by Gasteiger charge is 2.32. The molecule has 10 heteroatoms. The number of hydrogen-bond donors (Lipinski definition) is 2. The number of aromatic nitrogens is 3. The zero-order valence-corrected chi connectivity index (χ0v) is 19.7. The van der Waals surface area contributed by atoms with Crippen LogP contribution < -0.4 is 15.6 Å². The third kappa shape index (κ3) is 5.55. The van der Waals surface area contributed by atoms with Gasteiger partial charge in [0, 0.05) is 12.7 Å². The third-order valence-electron chi connectivity index (χ3n) is 5.54. The molecular weight excluding hydrogens is 463 g/mol. The van der Waals surface area contributed by atoms with Crippen LogP contribution in [0.3, 0.4) is 0 Å². The number of pyridine rings is 1. The molecule has 0 saturated carbocycles. The zero-order valence-electron chi connectivity index (χ0n) is 18.9. The minimum absolute atomic E-state index is 0.00572. The molecule has 0 aliphatic carbocycles. The van der Waals surface area contributed by atoms with Crippen molar-refractivity contribution < 1.29 is 19.0 Å². The lowest BCUT2D eigenvalue weighted by molar-refractivity contribution is -0.0234. The molecule has 0 unspecified atom stereocenters. The van der Waals surface area contributed by atoms with E-state index >= 15 is 0 Å². The molecule has 1 saturated heterocycles. The van der Waals surface area contributed by atoms with Gasteiger partial charge in [0.1, 0.15) is 10.8 Å². The van der Waals surface area contributed by atoms with Gasteiger partial charge >= 0.3 is 0 Å². The van der Waals surface area contributed by atoms with Crippen LogP contribution in [0.5, 0.6) is 11.6 Å². The maximum absolute atomic E-state index is 14.7. The van der Waals surface area contributed by atoms with Gasteiger partial charge in [0.15, 0.2) is 5.67 Å². The molecule has 0 amide bonds. The van der Waals surface area contributed by atoms with Gasteiger partial charge in [-0.1, -0.05) is 23.7 Å². The lowest BCUT2D eigenvalue weighted by atomic mass is 9.99. The fourth-order valence-corrected chi connectivity index (χ4v) is 3.76. The first-order valence-electron chi connectivity index (χ1n) is 10.9. The summed E-state index contributed by atoms with van der Waals surface area (Å²) in [5.74, 6) is 0.871. The Morgan fingerprint density at radius 1 is 1.26 bits per heavy atom. The molecule has 3 heterocycles. The van der Waals surface area contributed by atoms with Crippen LogP contribution in [0.2, 0.25) is 5.02 Å². The summed E-state index contributed by atoms with van der Waals surface area (Å²) < 4.78 is 26.8. The Morgan fingerprint density at radius 3 is 2.65 bits per heavy atom. The number of hydrogen-bond acceptors (Lipinski definition) is 7. The van der Waals surface area contributed by atoms with Crippen LogP contribution in [0.4, 0.5) is 10.1 Å². The average Bonchev–Trinajstić information content (AvgIpc) is 2.81. The van der Waals surface area contributed by atoms with Gasteiger partial charge in [0.2, 0.25) is 5.88 Å². The molecule has 3 aromatic rings. The maximum Gasteiger partial charge on any atom is 0.292 e. The minimum Gasteiger partial charge on any atom is -0.439 e. The van der Waals surface area contributed by atoms with Crippen LogP contribution in [-0.4, -0.2) is 45.3 Å². The highest BCUT2D eigenvalue weighted by Crippen LogP contribution is 2.27. The second-order valence-corrected chi connectivity index (χ2v) is 9.17. The van der Waals surface area contributed by atoms with Gasteiger partial charge in [-0.2, -0.15) is 9.78 Å². The lowest BCUT2D eigenvalue weighted by Gasteiger charge is -2.29. The first-order chi connectivity index (χ1) is 16.1. The van der Waals surface area contributed by atoms with E-state index in [-0.39, 0.29) is 23.9 Å². The Balaban J connectivity index is 1.45. The predicted molar refractivity (Wildman–Crippen MR) is 127 cm³/mol. The van der Waals surface area contributed by atoms with Crippen LogP contribution >= 0.6 is 11.6 Å². The first kappa shape index (κ1) is 24.1. The molecule has 1 fully saturated rings. The molecule has 0 bridgehead atoms. The SMILES string of the molecule is CC(C)(O)c1ccc(Oc2ccc(-n3ncc(NC[C@@]4(F)CCCOC4)c(Cl)c3=O)cn2)cc1. The number of benzene rings is 1. The van der Waals surface area contributed by atoms with Crippen molar-refractivity contribution in [2.24, 2.45) is 0 Å². The molecule has 2 aromatic heterocycles. The number of ether oxygens (including phenoxy) is 2. The zero-order chi connectivity index (χ0) is 24.3. The fourth-order valence-electron chi connectivity index (χ4n) is 3.56. The van der Waals surface area contributed by atoms with Crippen molar-refractivity contribution in [2.45, 2.75) is 38.0 Å². The second kappa shape index (κ2) is 9.69. The highest BCUT2D eigenvalue weighted by molar-refractivity contribution is 6.32. The van der Waals surface area contributed by atoms with E-state index in [1.54, 1.807) is 50.2 Å². The van der Waals surface area contributed by atoms with Crippen molar-refractivity contribution in [2.75, 3.05) is 25.1 Å². The van der Waals surface area contributed by atoms with Gasteiger partial charge in [0.25, 0.3) is 5.56 Å². The Morgan fingerprint density at radius 2 is 2.03 bits per heavy atom. The van der Waals surface area contributed by atoms with Crippen LogP contribution in [0.1, 0.15) is 32.3 Å². The van der Waals surface area contributed by atoms with Crippen molar-refractivity contribution >= 4 is 17.3 Å². The summed E-state index contributed by atoms with van der Waals surface area (Å²) in [5.41, 5.74) is -1.60. The van der Waals surface area contributed by atoms with Gasteiger partial charge in [-0.3, -0.25) is 4.79 Å². The van der Waals surface area contributed by atoms with Crippen molar-refractivity contribution in [3.05, 3.63) is 69.7 Å². The van der Waals surface area contributed by atoms with Crippen molar-refractivity contribution in [3.8, 4) is 17.3 Å². The largest absolute Gasteiger partial charge is 0.439 e. The van der Waals surface area contributed by atoms with Crippen LogP contribution in [0.25, 0.3) is 5.69 Å². The molecule has 1 aromatic carbocycles. The number of rotatable bonds is 7. The molecule has 1 aliphatic heterocycles. The molecule has 8 nitrogen and oxygen atoms in total. The van der Waals surface area contributed by atoms with E-state index in [4.69, 9.17) is 21.1 Å². The monoisotopic (exact) mass is 488 g/mol. The van der Waals surface area contributed by atoms with E-state index in [9.17, 15) is 14.3 Å². The van der Waals surface area contributed by atoms with Crippen LogP contribution in [0, 0.1) is 0 Å². The van der Waals surface area contributed by atoms with E-state index in [0.717, 1.165) is 10.2 Å². The summed E-state index contributed by atoms with van der Waals surface area (Å²) in [7, 11) is 0. The van der Waals surface area contributed by atoms with Gasteiger partial charge in [-0.15, -0.1) is 0 Å². The smallest absolute Gasteiger partial charge is 0.292 e. The topological polar surface area (TPSA) is 98.5 Å². The lowest BCUT2D eigenvalue weighted by Crippen LogP contribution is -2.40. The van der Waals surface area contributed by atoms with Gasteiger partial charge < -0.3 is 19.9 Å². The third-order valence-corrected chi connectivity index (χ3v) is 5.90. The van der Waals surface area contributed by atoms with E-state index < -0.39 is 16.8 Å². The Labute approximate surface area is 201 Å². The van der Waals surface area contributed by atoms with E-state index in [2.05, 4.69) is 15.4 Å². The van der Waals surface area contributed by atoms with Crippen molar-refractivity contribution in [3.63, 3.8) is 0 Å². The number of alkyl halides is 1. The summed E-state index contributed by atoms with van der Waals surface area (Å²) >= 11 is 6.24. The molecule has 0 radical (unpaired) electrons. The van der Waals surface area contributed by atoms with Gasteiger partial charge in [-0.05, 0) is 50.5 Å². The van der Waals surface area contributed by atoms with E-state index in [1.807, 2.05) is 0 Å². The van der Waals surface area contributed by atoms with E-state index in [1.165, 1.54) is 12.4 Å². The molecule has 34 heavy (non-hydrogen) atoms. The van der Waals surface area contributed by atoms with Crippen molar-refractivity contribution in [1.29, 1.82) is 0 Å². The molecule has 4 rings (SSSR count). The van der Waals surface area contributed by atoms with Crippen LogP contribution in [-0.2, 0) is 10.3 Å². The maximum atomic E-state index is 14.7. The summed E-state index contributed by atoms with van der Waals surface area (Å²) in [4.78, 5) is 17.0. The number of nitrogens with zero attached hydrogens (tertiary/aromatic N) is 3. The minimum atomic E-state index is -1.51. The number of aliphatic hydroxyl groups is 1. The number of anilines is 1. The van der Waals surface area contributed by atoms with E-state index in [0.29, 0.717) is 36.8 Å². The summed E-state index contributed by atoms with van der Waals surface area (Å²) in [6, 6.07) is 10.3. The first-order valence-corrected chi connectivity index (χ1v) is 11.3. The predicted octanol–water partition coefficient (Wildman–Crippen LogP) is 4.23. The summed E-state index contributed by atoms with van der Waals surface area (Å²) in [6.45, 7) is 3.94. The van der Waals surface area contributed by atoms with Crippen molar-refractivity contribution in [1.82, 2.24) is 14.8 Å². The highest BCUT2D eigenvalue weighted by atomic mass is 35.5. The van der Waals surface area contributed by atoms with Gasteiger partial charge in [0.05, 0.1) is 42.5 Å². The molecule has 1 aliphatic rings. The molecule has 180 valence electrons. The average molecular weight is 489 g/mol. The molecule has 1 atom stereocenters. The Hall–Kier alpha value is -3.01. The molecule has 0 spiro atoms. The standard InChI is InChI=1S/C24H26ClFN4O4/c1-23(2,32)16-4-7-18(8-5-16)34-20-9-6-17(12-27-20)30-22(31)21(25)19(13-29-30)28-14-24(26)10-3-11-33-15-24/h4-9,12-13,28,32H,3,10-11,14-15H2,1-2H3/t24-/m0/s1. The Bertz CT molecular complexity index is 1190. The Kier molecular flexibility index (Phi) is 6.88. The quantitative estimate of drug-likeness (QED) is 0.513. The summed E-state index contributed by atoms with van der Waals surface area (Å²) in [5, 5.41) is 17.0. The number of halogens is 2. The number of nitrogens with one attached hydrogen (secondary N) is 1. The van der Waals surface area contributed by atoms with Gasteiger partial charge in [-0.25, -0.2) is 9.37 Å².